The lowest BCUT2D eigenvalue weighted by Crippen LogP contribution is -2.22. The highest BCUT2D eigenvalue weighted by Gasteiger charge is 2.30. The number of rotatable bonds is 6. The molecule has 0 saturated heterocycles. The molecule has 34 heavy (non-hydrogen) atoms. The van der Waals surface area contributed by atoms with E-state index in [-0.39, 0.29) is 23.7 Å². The molecule has 2 amide bonds. The molecule has 4 rings (SSSR count). The maximum absolute atomic E-state index is 12.9. The van der Waals surface area contributed by atoms with E-state index in [1.807, 2.05) is 0 Å². The van der Waals surface area contributed by atoms with Crippen molar-refractivity contribution in [3.8, 4) is 11.5 Å². The van der Waals surface area contributed by atoms with Crippen molar-refractivity contribution in [2.24, 2.45) is 0 Å². The molecule has 1 heterocycles. The number of fused-ring (bicyclic) bond motifs is 1. The van der Waals surface area contributed by atoms with E-state index < -0.39 is 17.6 Å². The lowest BCUT2D eigenvalue weighted by molar-refractivity contribution is -0.137. The second-order valence-corrected chi connectivity index (χ2v) is 7.37. The van der Waals surface area contributed by atoms with Crippen LogP contribution >= 0.6 is 0 Å². The number of carbonyl (C=O) groups is 2. The Morgan fingerprint density at radius 1 is 0.794 bits per heavy atom. The topological polar surface area (TPSA) is 88.7 Å². The Kier molecular flexibility index (Phi) is 6.58. The van der Waals surface area contributed by atoms with Crippen molar-refractivity contribution >= 4 is 28.9 Å². The first-order valence-corrected chi connectivity index (χ1v) is 10.3. The average molecular weight is 471 g/mol. The third kappa shape index (κ3) is 5.77. The fourth-order valence-corrected chi connectivity index (χ4v) is 3.26. The van der Waals surface area contributed by atoms with Crippen LogP contribution in [0.5, 0.6) is 11.5 Å². The zero-order valence-electron chi connectivity index (χ0n) is 17.7. The van der Waals surface area contributed by atoms with Crippen LogP contribution in [-0.4, -0.2) is 31.6 Å². The molecule has 3 aromatic rings. The van der Waals surface area contributed by atoms with Crippen LogP contribution in [0.2, 0.25) is 0 Å². The van der Waals surface area contributed by atoms with E-state index in [0.717, 1.165) is 12.1 Å². The molecule has 0 bridgehead atoms. The van der Waals surface area contributed by atoms with Gasteiger partial charge in [-0.15, -0.1) is 0 Å². The van der Waals surface area contributed by atoms with Crippen LogP contribution in [-0.2, 0) is 11.0 Å². The van der Waals surface area contributed by atoms with Crippen molar-refractivity contribution < 1.29 is 32.2 Å². The van der Waals surface area contributed by atoms with E-state index in [9.17, 15) is 22.8 Å². The summed E-state index contributed by atoms with van der Waals surface area (Å²) >= 11 is 0. The maximum atomic E-state index is 12.9. The minimum atomic E-state index is -4.51. The number of amides is 2. The van der Waals surface area contributed by atoms with Crippen LogP contribution in [0.3, 0.4) is 0 Å². The van der Waals surface area contributed by atoms with Crippen LogP contribution < -0.4 is 25.4 Å². The van der Waals surface area contributed by atoms with Gasteiger partial charge in [-0.3, -0.25) is 9.59 Å². The van der Waals surface area contributed by atoms with Crippen LogP contribution in [0.25, 0.3) is 0 Å². The molecule has 0 saturated carbocycles. The fourth-order valence-electron chi connectivity index (χ4n) is 3.26. The highest BCUT2D eigenvalue weighted by atomic mass is 19.4. The van der Waals surface area contributed by atoms with Crippen LogP contribution in [0, 0.1) is 0 Å². The van der Waals surface area contributed by atoms with Gasteiger partial charge in [-0.05, 0) is 48.5 Å². The summed E-state index contributed by atoms with van der Waals surface area (Å²) in [6.45, 7) is 0.830. The number of benzene rings is 3. The van der Waals surface area contributed by atoms with E-state index in [1.165, 1.54) is 24.3 Å². The van der Waals surface area contributed by atoms with Gasteiger partial charge in [0.15, 0.2) is 11.5 Å². The third-order valence-electron chi connectivity index (χ3n) is 4.85. The molecule has 0 unspecified atom stereocenters. The van der Waals surface area contributed by atoms with E-state index in [4.69, 9.17) is 9.47 Å². The lowest BCUT2D eigenvalue weighted by atomic mass is 10.1. The van der Waals surface area contributed by atoms with Gasteiger partial charge in [-0.1, -0.05) is 12.1 Å². The maximum Gasteiger partial charge on any atom is 0.416 e. The van der Waals surface area contributed by atoms with E-state index in [1.54, 1.807) is 30.3 Å². The van der Waals surface area contributed by atoms with Gasteiger partial charge in [0, 0.05) is 28.7 Å². The highest BCUT2D eigenvalue weighted by Crippen LogP contribution is 2.33. The predicted octanol–water partition coefficient (Wildman–Crippen LogP) is 4.78. The Labute approximate surface area is 192 Å². The van der Waals surface area contributed by atoms with E-state index in [2.05, 4.69) is 16.0 Å². The number of nitrogens with one attached hydrogen (secondary N) is 3. The summed E-state index contributed by atoms with van der Waals surface area (Å²) in [6.07, 6.45) is -4.51. The van der Waals surface area contributed by atoms with Gasteiger partial charge in [0.05, 0.1) is 12.1 Å². The molecule has 3 aromatic carbocycles. The Morgan fingerprint density at radius 2 is 1.50 bits per heavy atom. The van der Waals surface area contributed by atoms with Crippen molar-refractivity contribution in [3.63, 3.8) is 0 Å². The molecule has 10 heteroatoms. The quantitative estimate of drug-likeness (QED) is 0.482. The van der Waals surface area contributed by atoms with Crippen LogP contribution in [0.15, 0.2) is 66.7 Å². The molecule has 0 spiro atoms. The molecule has 1 aliphatic rings. The number of carbonyl (C=O) groups excluding carboxylic acids is 2. The number of hydrogen-bond acceptors (Lipinski definition) is 5. The molecule has 0 aliphatic carbocycles. The second-order valence-electron chi connectivity index (χ2n) is 7.37. The molecule has 0 aromatic heterocycles. The summed E-state index contributed by atoms with van der Waals surface area (Å²) in [4.78, 5) is 24.8. The predicted molar refractivity (Wildman–Crippen MR) is 120 cm³/mol. The van der Waals surface area contributed by atoms with Crippen molar-refractivity contribution in [2.75, 3.05) is 35.7 Å². The number of anilines is 3. The first-order valence-electron chi connectivity index (χ1n) is 10.3. The number of ether oxygens (including phenoxy) is 2. The van der Waals surface area contributed by atoms with Gasteiger partial charge in [0.25, 0.3) is 5.91 Å². The summed E-state index contributed by atoms with van der Waals surface area (Å²) < 4.78 is 49.6. The zero-order valence-corrected chi connectivity index (χ0v) is 17.7. The third-order valence-corrected chi connectivity index (χ3v) is 4.85. The van der Waals surface area contributed by atoms with Gasteiger partial charge in [0.1, 0.15) is 13.2 Å². The largest absolute Gasteiger partial charge is 0.486 e. The zero-order chi connectivity index (χ0) is 24.1. The minimum Gasteiger partial charge on any atom is -0.486 e. The Hall–Kier alpha value is -4.21. The standard InChI is InChI=1S/C24H20F3N3O4/c25-24(26,27)16-4-2-6-18(12-16)30-23(32)15-3-1-5-17(11-15)28-14-22(31)29-19-7-8-20-21(13-19)34-10-9-33-20/h1-8,11-13,28H,9-10,14H2,(H,29,31)(H,30,32). The smallest absolute Gasteiger partial charge is 0.416 e. The van der Waals surface area contributed by atoms with Gasteiger partial charge in [0.2, 0.25) is 5.91 Å². The fraction of sp³-hybridized carbons (Fsp3) is 0.167. The Balaban J connectivity index is 1.34. The van der Waals surface area contributed by atoms with Crippen molar-refractivity contribution in [2.45, 2.75) is 6.18 Å². The summed E-state index contributed by atoms with van der Waals surface area (Å²) in [6, 6.07) is 15.7. The van der Waals surface area contributed by atoms with E-state index in [0.29, 0.717) is 36.1 Å². The minimum absolute atomic E-state index is 0.0250. The highest BCUT2D eigenvalue weighted by molar-refractivity contribution is 6.05. The van der Waals surface area contributed by atoms with Gasteiger partial charge in [-0.25, -0.2) is 0 Å². The van der Waals surface area contributed by atoms with Crippen molar-refractivity contribution in [3.05, 3.63) is 77.9 Å². The molecule has 1 aliphatic heterocycles. The number of alkyl halides is 3. The monoisotopic (exact) mass is 471 g/mol. The summed E-state index contributed by atoms with van der Waals surface area (Å²) in [7, 11) is 0. The number of hydrogen-bond donors (Lipinski definition) is 3. The molecule has 3 N–H and O–H groups in total. The lowest BCUT2D eigenvalue weighted by Gasteiger charge is -2.19. The van der Waals surface area contributed by atoms with Crippen molar-refractivity contribution in [1.82, 2.24) is 0 Å². The van der Waals surface area contributed by atoms with Gasteiger partial charge >= 0.3 is 6.18 Å². The van der Waals surface area contributed by atoms with E-state index >= 15 is 0 Å². The average Bonchev–Trinajstić information content (AvgIpc) is 2.82. The van der Waals surface area contributed by atoms with Crippen LogP contribution in [0.1, 0.15) is 15.9 Å². The molecule has 7 nitrogen and oxygen atoms in total. The van der Waals surface area contributed by atoms with Gasteiger partial charge < -0.3 is 25.4 Å². The molecule has 0 atom stereocenters. The summed E-state index contributed by atoms with van der Waals surface area (Å²) in [5.41, 5.74) is 0.427. The SMILES string of the molecule is O=C(CNc1cccc(C(=O)Nc2cccc(C(F)(F)F)c2)c1)Nc1ccc2c(c1)OCCO2. The first-order chi connectivity index (χ1) is 16.3. The molecule has 176 valence electrons. The molecule has 0 fully saturated rings. The summed E-state index contributed by atoms with van der Waals surface area (Å²) in [5.74, 6) is 0.262. The number of halogens is 3. The van der Waals surface area contributed by atoms with Crippen molar-refractivity contribution in [1.29, 1.82) is 0 Å². The second kappa shape index (κ2) is 9.74. The van der Waals surface area contributed by atoms with Crippen LogP contribution in [0.4, 0.5) is 30.2 Å². The first kappa shape index (κ1) is 23.0. The normalized spacial score (nSPS) is 12.6. The Morgan fingerprint density at radius 3 is 2.29 bits per heavy atom. The Bertz CT molecular complexity index is 1210. The molecular weight excluding hydrogens is 451 g/mol. The van der Waals surface area contributed by atoms with Gasteiger partial charge in [-0.2, -0.15) is 13.2 Å². The molecule has 0 radical (unpaired) electrons. The summed E-state index contributed by atoms with van der Waals surface area (Å²) in [5, 5.41) is 8.11. The molecular formula is C24H20F3N3O4.